The number of hydrogen-bond acceptors (Lipinski definition) is 1. The minimum Gasteiger partial charge on any atom is -0.328 e. The molecule has 0 bridgehead atoms. The van der Waals surface area contributed by atoms with E-state index < -0.39 is 0 Å². The van der Waals surface area contributed by atoms with E-state index in [2.05, 4.69) is 0 Å². The maximum atomic E-state index is 12.0. The molecule has 9 heavy (non-hydrogen) atoms. The van der Waals surface area contributed by atoms with E-state index in [4.69, 9.17) is 5.73 Å². The summed E-state index contributed by atoms with van der Waals surface area (Å²) >= 11 is 0. The maximum Gasteiger partial charge on any atom is 0.0923 e. The van der Waals surface area contributed by atoms with Gasteiger partial charge in [0.15, 0.2) is 0 Å². The Bertz CT molecular complexity index is 85.0. The van der Waals surface area contributed by atoms with Crippen LogP contribution < -0.4 is 5.73 Å². The SMILES string of the molecule is N[C@@H]1CCC[C@@H](CF)C1. The molecule has 1 nitrogen and oxygen atoms in total. The van der Waals surface area contributed by atoms with E-state index in [0.29, 0.717) is 0 Å². The van der Waals surface area contributed by atoms with Crippen molar-refractivity contribution in [3.63, 3.8) is 0 Å². The van der Waals surface area contributed by atoms with E-state index in [1.54, 1.807) is 0 Å². The molecule has 0 heterocycles. The highest BCUT2D eigenvalue weighted by molar-refractivity contribution is 4.74. The zero-order valence-corrected chi connectivity index (χ0v) is 5.65. The zero-order valence-electron chi connectivity index (χ0n) is 5.65. The van der Waals surface area contributed by atoms with Gasteiger partial charge >= 0.3 is 0 Å². The predicted octanol–water partition coefficient (Wildman–Crippen LogP) is 1.47. The minimum atomic E-state index is -0.173. The van der Waals surface area contributed by atoms with Crippen LogP contribution in [0.25, 0.3) is 0 Å². The standard InChI is InChI=1S/C7H14FN/c8-5-6-2-1-3-7(9)4-6/h6-7H,1-5,9H2/t6-,7-/m1/s1. The van der Waals surface area contributed by atoms with E-state index in [-0.39, 0.29) is 18.6 Å². The summed E-state index contributed by atoms with van der Waals surface area (Å²) in [4.78, 5) is 0. The van der Waals surface area contributed by atoms with Crippen LogP contribution in [0.1, 0.15) is 25.7 Å². The fraction of sp³-hybridized carbons (Fsp3) is 1.00. The molecule has 54 valence electrons. The molecule has 1 aliphatic carbocycles. The molecule has 0 radical (unpaired) electrons. The van der Waals surface area contributed by atoms with Crippen LogP contribution in [0.15, 0.2) is 0 Å². The quantitative estimate of drug-likeness (QED) is 0.573. The Morgan fingerprint density at radius 1 is 1.44 bits per heavy atom. The lowest BCUT2D eigenvalue weighted by Gasteiger charge is -2.23. The van der Waals surface area contributed by atoms with Crippen LogP contribution in [-0.4, -0.2) is 12.7 Å². The van der Waals surface area contributed by atoms with E-state index in [1.165, 1.54) is 0 Å². The van der Waals surface area contributed by atoms with Gasteiger partial charge in [0.2, 0.25) is 0 Å². The molecule has 0 spiro atoms. The van der Waals surface area contributed by atoms with Gasteiger partial charge in [0.05, 0.1) is 6.67 Å². The van der Waals surface area contributed by atoms with Crippen molar-refractivity contribution in [1.29, 1.82) is 0 Å². The third kappa shape index (κ3) is 1.94. The number of halogens is 1. The molecule has 1 saturated carbocycles. The Morgan fingerprint density at radius 2 is 2.22 bits per heavy atom. The molecule has 0 unspecified atom stereocenters. The molecule has 0 aromatic carbocycles. The Balaban J connectivity index is 2.23. The molecule has 2 N–H and O–H groups in total. The molecule has 0 amide bonds. The van der Waals surface area contributed by atoms with Crippen LogP contribution in [0.4, 0.5) is 4.39 Å². The van der Waals surface area contributed by atoms with Crippen LogP contribution >= 0.6 is 0 Å². The van der Waals surface area contributed by atoms with Gasteiger partial charge < -0.3 is 5.73 Å². The summed E-state index contributed by atoms with van der Waals surface area (Å²) in [6, 6.07) is 0.277. The van der Waals surface area contributed by atoms with Crippen molar-refractivity contribution in [3.8, 4) is 0 Å². The highest BCUT2D eigenvalue weighted by Crippen LogP contribution is 2.22. The lowest BCUT2D eigenvalue weighted by molar-refractivity contribution is 0.260. The van der Waals surface area contributed by atoms with Crippen LogP contribution in [0.5, 0.6) is 0 Å². The first kappa shape index (κ1) is 7.00. The van der Waals surface area contributed by atoms with Crippen LogP contribution in [0, 0.1) is 5.92 Å². The third-order valence-corrected chi connectivity index (χ3v) is 2.04. The van der Waals surface area contributed by atoms with Gasteiger partial charge in [-0.2, -0.15) is 0 Å². The minimum absolute atomic E-state index is 0.173. The largest absolute Gasteiger partial charge is 0.328 e. The molecule has 1 aliphatic rings. The Morgan fingerprint density at radius 3 is 2.67 bits per heavy atom. The van der Waals surface area contributed by atoms with Crippen molar-refractivity contribution in [1.82, 2.24) is 0 Å². The highest BCUT2D eigenvalue weighted by atomic mass is 19.1. The van der Waals surface area contributed by atoms with Gasteiger partial charge in [0.25, 0.3) is 0 Å². The molecule has 2 heteroatoms. The maximum absolute atomic E-state index is 12.0. The summed E-state index contributed by atoms with van der Waals surface area (Å²) in [6.45, 7) is -0.173. The molecular weight excluding hydrogens is 117 g/mol. The topological polar surface area (TPSA) is 26.0 Å². The Kier molecular flexibility index (Phi) is 2.46. The van der Waals surface area contributed by atoms with Crippen LogP contribution in [0.2, 0.25) is 0 Å². The summed E-state index contributed by atoms with van der Waals surface area (Å²) in [6.07, 6.45) is 4.16. The second-order valence-corrected chi connectivity index (χ2v) is 2.95. The number of hydrogen-bond donors (Lipinski definition) is 1. The number of nitrogens with two attached hydrogens (primary N) is 1. The summed E-state index contributed by atoms with van der Waals surface area (Å²) in [5, 5.41) is 0. The first-order chi connectivity index (χ1) is 4.33. The molecule has 0 aromatic rings. The Hall–Kier alpha value is -0.110. The molecule has 0 saturated heterocycles. The lowest BCUT2D eigenvalue weighted by atomic mass is 9.87. The molecule has 0 aliphatic heterocycles. The Labute approximate surface area is 55.4 Å². The van der Waals surface area contributed by atoms with Crippen molar-refractivity contribution in [2.75, 3.05) is 6.67 Å². The van der Waals surface area contributed by atoms with Gasteiger partial charge in [0.1, 0.15) is 0 Å². The third-order valence-electron chi connectivity index (χ3n) is 2.04. The first-order valence-corrected chi connectivity index (χ1v) is 3.64. The molecule has 2 atom stereocenters. The average molecular weight is 131 g/mol. The van der Waals surface area contributed by atoms with E-state index >= 15 is 0 Å². The van der Waals surface area contributed by atoms with Gasteiger partial charge in [-0.3, -0.25) is 4.39 Å². The van der Waals surface area contributed by atoms with E-state index in [1.807, 2.05) is 0 Å². The first-order valence-electron chi connectivity index (χ1n) is 3.64. The van der Waals surface area contributed by atoms with Gasteiger partial charge in [-0.1, -0.05) is 6.42 Å². The molecular formula is C7H14FN. The summed E-state index contributed by atoms with van der Waals surface area (Å²) < 4.78 is 12.0. The van der Waals surface area contributed by atoms with Crippen molar-refractivity contribution >= 4 is 0 Å². The molecule has 1 rings (SSSR count). The number of rotatable bonds is 1. The van der Waals surface area contributed by atoms with Gasteiger partial charge in [0, 0.05) is 6.04 Å². The smallest absolute Gasteiger partial charge is 0.0923 e. The van der Waals surface area contributed by atoms with Crippen molar-refractivity contribution < 1.29 is 4.39 Å². The fourth-order valence-electron chi connectivity index (χ4n) is 1.47. The molecule has 0 aromatic heterocycles. The van der Waals surface area contributed by atoms with Crippen LogP contribution in [0.3, 0.4) is 0 Å². The van der Waals surface area contributed by atoms with Gasteiger partial charge in [-0.05, 0) is 25.2 Å². The van der Waals surface area contributed by atoms with E-state index in [9.17, 15) is 4.39 Å². The fourth-order valence-corrected chi connectivity index (χ4v) is 1.47. The van der Waals surface area contributed by atoms with Gasteiger partial charge in [-0.25, -0.2) is 0 Å². The van der Waals surface area contributed by atoms with Crippen molar-refractivity contribution in [2.45, 2.75) is 31.7 Å². The number of alkyl halides is 1. The van der Waals surface area contributed by atoms with Crippen LogP contribution in [-0.2, 0) is 0 Å². The lowest BCUT2D eigenvalue weighted by Crippen LogP contribution is -2.28. The second-order valence-electron chi connectivity index (χ2n) is 2.95. The van der Waals surface area contributed by atoms with Crippen molar-refractivity contribution in [3.05, 3.63) is 0 Å². The normalized spacial score (nSPS) is 36.7. The zero-order chi connectivity index (χ0) is 6.69. The monoisotopic (exact) mass is 131 g/mol. The predicted molar refractivity (Wildman–Crippen MR) is 35.9 cm³/mol. The average Bonchev–Trinajstić information content (AvgIpc) is 1.88. The molecule has 1 fully saturated rings. The highest BCUT2D eigenvalue weighted by Gasteiger charge is 2.18. The second kappa shape index (κ2) is 3.16. The van der Waals surface area contributed by atoms with E-state index in [0.717, 1.165) is 25.7 Å². The van der Waals surface area contributed by atoms with Gasteiger partial charge in [-0.15, -0.1) is 0 Å². The summed E-state index contributed by atoms with van der Waals surface area (Å²) in [5.41, 5.74) is 5.63. The summed E-state index contributed by atoms with van der Waals surface area (Å²) in [7, 11) is 0. The van der Waals surface area contributed by atoms with Crippen molar-refractivity contribution in [2.24, 2.45) is 11.7 Å². The summed E-state index contributed by atoms with van der Waals surface area (Å²) in [5.74, 6) is 0.272.